The van der Waals surface area contributed by atoms with Crippen molar-refractivity contribution < 1.29 is 9.90 Å². The lowest BCUT2D eigenvalue weighted by Crippen LogP contribution is -2.30. The molecule has 0 aromatic rings. The van der Waals surface area contributed by atoms with Gasteiger partial charge in [0.1, 0.15) is 0 Å². The van der Waals surface area contributed by atoms with Gasteiger partial charge in [0.15, 0.2) is 0 Å². The Kier molecular flexibility index (Phi) is 14.4. The number of hydrogen-bond acceptors (Lipinski definition) is 2. The first kappa shape index (κ1) is 19.4. The van der Waals surface area contributed by atoms with E-state index in [1.807, 2.05) is 0 Å². The molecule has 0 rings (SSSR count). The van der Waals surface area contributed by atoms with Crippen LogP contribution in [-0.2, 0) is 4.79 Å². The van der Waals surface area contributed by atoms with Gasteiger partial charge < -0.3 is 10.4 Å². The monoisotopic (exact) mass is 285 g/mol. The zero-order valence-corrected chi connectivity index (χ0v) is 13.6. The Hall–Kier alpha value is -0.570. The topological polar surface area (TPSA) is 49.3 Å². The molecular weight excluding hydrogens is 250 g/mol. The van der Waals surface area contributed by atoms with Gasteiger partial charge in [0.25, 0.3) is 0 Å². The molecule has 0 aromatic heterocycles. The van der Waals surface area contributed by atoms with E-state index in [-0.39, 0.29) is 5.91 Å². The molecule has 2 N–H and O–H groups in total. The van der Waals surface area contributed by atoms with Crippen LogP contribution in [0.1, 0.15) is 90.9 Å². The summed E-state index contributed by atoms with van der Waals surface area (Å²) in [5, 5.41) is 11.8. The maximum absolute atomic E-state index is 11.4. The molecule has 0 spiro atoms. The number of carbonyl (C=O) groups excluding carboxylic acids is 1. The number of aliphatic hydroxyl groups excluding tert-OH is 1. The molecule has 0 saturated carbocycles. The van der Waals surface area contributed by atoms with E-state index in [1.165, 1.54) is 57.8 Å². The van der Waals surface area contributed by atoms with Gasteiger partial charge in [-0.1, -0.05) is 71.1 Å². The van der Waals surface area contributed by atoms with Gasteiger partial charge in [-0.3, -0.25) is 4.79 Å². The van der Waals surface area contributed by atoms with Crippen molar-refractivity contribution in [2.45, 2.75) is 97.0 Å². The summed E-state index contributed by atoms with van der Waals surface area (Å²) in [6.45, 7) is 4.31. The van der Waals surface area contributed by atoms with Gasteiger partial charge in [0.05, 0.1) is 6.10 Å². The van der Waals surface area contributed by atoms with E-state index in [9.17, 15) is 4.79 Å². The molecule has 0 radical (unpaired) electrons. The first-order valence-corrected chi connectivity index (χ1v) is 8.61. The van der Waals surface area contributed by atoms with Crippen LogP contribution >= 0.6 is 0 Å². The number of rotatable bonds is 14. The van der Waals surface area contributed by atoms with Gasteiger partial charge in [-0.05, 0) is 13.3 Å². The minimum absolute atomic E-state index is 0.0711. The molecule has 0 aliphatic carbocycles. The fourth-order valence-corrected chi connectivity index (χ4v) is 2.30. The molecule has 1 amide bonds. The van der Waals surface area contributed by atoms with Crippen LogP contribution in [0, 0.1) is 0 Å². The van der Waals surface area contributed by atoms with Crippen molar-refractivity contribution in [3.05, 3.63) is 0 Å². The van der Waals surface area contributed by atoms with Crippen molar-refractivity contribution in [3.63, 3.8) is 0 Å². The van der Waals surface area contributed by atoms with Crippen LogP contribution in [0.15, 0.2) is 0 Å². The summed E-state index contributed by atoms with van der Waals surface area (Å²) >= 11 is 0. The Morgan fingerprint density at radius 1 is 0.900 bits per heavy atom. The van der Waals surface area contributed by atoms with Crippen LogP contribution in [0.5, 0.6) is 0 Å². The Balaban J connectivity index is 3.11. The maximum atomic E-state index is 11.4. The molecule has 1 atom stereocenters. The average molecular weight is 285 g/mol. The largest absolute Gasteiger partial charge is 0.392 e. The molecule has 0 heterocycles. The molecule has 0 aliphatic heterocycles. The summed E-state index contributed by atoms with van der Waals surface area (Å²) in [7, 11) is 0. The van der Waals surface area contributed by atoms with Crippen LogP contribution in [0.3, 0.4) is 0 Å². The normalized spacial score (nSPS) is 12.3. The van der Waals surface area contributed by atoms with E-state index in [2.05, 4.69) is 12.2 Å². The van der Waals surface area contributed by atoms with Crippen LogP contribution in [0.25, 0.3) is 0 Å². The number of unbranched alkanes of at least 4 members (excludes halogenated alkanes) is 10. The van der Waals surface area contributed by atoms with Crippen molar-refractivity contribution in [1.29, 1.82) is 0 Å². The van der Waals surface area contributed by atoms with Gasteiger partial charge >= 0.3 is 0 Å². The van der Waals surface area contributed by atoms with E-state index >= 15 is 0 Å². The van der Waals surface area contributed by atoms with Gasteiger partial charge in [0.2, 0.25) is 5.91 Å². The summed E-state index contributed by atoms with van der Waals surface area (Å²) in [4.78, 5) is 11.4. The SMILES string of the molecule is CCCCCCCCCCCCCC(=O)NC[C@@H](C)O. The lowest BCUT2D eigenvalue weighted by atomic mass is 10.1. The van der Waals surface area contributed by atoms with Gasteiger partial charge in [-0.2, -0.15) is 0 Å². The van der Waals surface area contributed by atoms with Gasteiger partial charge in [-0.15, -0.1) is 0 Å². The molecule has 0 fully saturated rings. The summed E-state index contributed by atoms with van der Waals surface area (Å²) in [5.41, 5.74) is 0. The quantitative estimate of drug-likeness (QED) is 0.470. The van der Waals surface area contributed by atoms with Gasteiger partial charge in [0, 0.05) is 13.0 Å². The highest BCUT2D eigenvalue weighted by Gasteiger charge is 2.02. The fraction of sp³-hybridized carbons (Fsp3) is 0.941. The molecule has 0 bridgehead atoms. The highest BCUT2D eigenvalue weighted by molar-refractivity contribution is 5.75. The summed E-state index contributed by atoms with van der Waals surface area (Å²) in [6, 6.07) is 0. The van der Waals surface area contributed by atoms with Crippen LogP contribution in [-0.4, -0.2) is 23.7 Å². The van der Waals surface area contributed by atoms with Gasteiger partial charge in [-0.25, -0.2) is 0 Å². The lowest BCUT2D eigenvalue weighted by Gasteiger charge is -2.06. The first-order chi connectivity index (χ1) is 9.66. The number of nitrogens with one attached hydrogen (secondary N) is 1. The lowest BCUT2D eigenvalue weighted by molar-refractivity contribution is -0.121. The van der Waals surface area contributed by atoms with Crippen molar-refractivity contribution >= 4 is 5.91 Å². The molecule has 120 valence electrons. The second-order valence-electron chi connectivity index (χ2n) is 5.94. The Morgan fingerprint density at radius 3 is 1.80 bits per heavy atom. The van der Waals surface area contributed by atoms with E-state index in [0.717, 1.165) is 12.8 Å². The summed E-state index contributed by atoms with van der Waals surface area (Å²) < 4.78 is 0. The Bertz CT molecular complexity index is 217. The van der Waals surface area contributed by atoms with Crippen LogP contribution in [0.2, 0.25) is 0 Å². The van der Waals surface area contributed by atoms with E-state index in [4.69, 9.17) is 5.11 Å². The molecule has 0 unspecified atom stereocenters. The molecule has 0 aliphatic rings. The summed E-state index contributed by atoms with van der Waals surface area (Å²) in [5.74, 6) is 0.0711. The second kappa shape index (κ2) is 14.8. The average Bonchev–Trinajstić information content (AvgIpc) is 2.42. The predicted octanol–water partition coefficient (Wildman–Crippen LogP) is 4.18. The van der Waals surface area contributed by atoms with Crippen LogP contribution in [0.4, 0.5) is 0 Å². The zero-order chi connectivity index (χ0) is 15.1. The third-order valence-corrected chi connectivity index (χ3v) is 3.60. The molecule has 20 heavy (non-hydrogen) atoms. The van der Waals surface area contributed by atoms with Crippen molar-refractivity contribution in [2.75, 3.05) is 6.54 Å². The zero-order valence-electron chi connectivity index (χ0n) is 13.6. The number of aliphatic hydroxyl groups is 1. The fourth-order valence-electron chi connectivity index (χ4n) is 2.30. The maximum Gasteiger partial charge on any atom is 0.220 e. The second-order valence-corrected chi connectivity index (χ2v) is 5.94. The minimum Gasteiger partial charge on any atom is -0.392 e. The van der Waals surface area contributed by atoms with E-state index in [0.29, 0.717) is 13.0 Å². The van der Waals surface area contributed by atoms with E-state index < -0.39 is 6.10 Å². The van der Waals surface area contributed by atoms with E-state index in [1.54, 1.807) is 6.92 Å². The smallest absolute Gasteiger partial charge is 0.220 e. The Labute approximate surface area is 125 Å². The van der Waals surface area contributed by atoms with Crippen molar-refractivity contribution in [1.82, 2.24) is 5.32 Å². The standard InChI is InChI=1S/C17H35NO2/c1-3-4-5-6-7-8-9-10-11-12-13-14-17(20)18-15-16(2)19/h16,19H,3-15H2,1-2H3,(H,18,20)/t16-/m1/s1. The highest BCUT2D eigenvalue weighted by atomic mass is 16.3. The molecule has 0 aromatic carbocycles. The molecule has 3 heteroatoms. The first-order valence-electron chi connectivity index (χ1n) is 8.61. The number of amides is 1. The van der Waals surface area contributed by atoms with Crippen molar-refractivity contribution in [2.24, 2.45) is 0 Å². The third-order valence-electron chi connectivity index (χ3n) is 3.60. The number of hydrogen-bond donors (Lipinski definition) is 2. The van der Waals surface area contributed by atoms with Crippen LogP contribution < -0.4 is 5.32 Å². The van der Waals surface area contributed by atoms with Crippen molar-refractivity contribution in [3.8, 4) is 0 Å². The highest BCUT2D eigenvalue weighted by Crippen LogP contribution is 2.11. The Morgan fingerprint density at radius 2 is 1.35 bits per heavy atom. The summed E-state index contributed by atoms with van der Waals surface area (Å²) in [6.07, 6.45) is 14.5. The number of carbonyl (C=O) groups is 1. The molecule has 0 saturated heterocycles. The third kappa shape index (κ3) is 15.5. The molecular formula is C17H35NO2. The predicted molar refractivity (Wildman–Crippen MR) is 85.8 cm³/mol. The minimum atomic E-state index is -0.448. The molecule has 3 nitrogen and oxygen atoms in total.